The Labute approximate surface area is 145 Å². The molecule has 0 spiro atoms. The summed E-state index contributed by atoms with van der Waals surface area (Å²) in [6.07, 6.45) is 8.50. The van der Waals surface area contributed by atoms with Crippen LogP contribution in [0.25, 0.3) is 0 Å². The van der Waals surface area contributed by atoms with E-state index in [4.69, 9.17) is 4.74 Å². The predicted octanol–water partition coefficient (Wildman–Crippen LogP) is 2.96. The van der Waals surface area contributed by atoms with Crippen LogP contribution in [0, 0.1) is 5.92 Å². The van der Waals surface area contributed by atoms with Crippen molar-refractivity contribution in [3.63, 3.8) is 0 Å². The Morgan fingerprint density at radius 2 is 2.12 bits per heavy atom. The molecule has 25 heavy (non-hydrogen) atoms. The molecule has 0 saturated carbocycles. The Morgan fingerprint density at radius 3 is 2.96 bits per heavy atom. The zero-order valence-corrected chi connectivity index (χ0v) is 13.9. The van der Waals surface area contributed by atoms with Gasteiger partial charge >= 0.3 is 0 Å². The molecule has 0 radical (unpaired) electrons. The van der Waals surface area contributed by atoms with Crippen LogP contribution in [0.3, 0.4) is 0 Å². The second-order valence-electron chi connectivity index (χ2n) is 6.29. The number of methoxy groups -OCH3 is 1. The maximum absolute atomic E-state index is 12.5. The van der Waals surface area contributed by atoms with E-state index in [9.17, 15) is 9.59 Å². The fourth-order valence-electron chi connectivity index (χ4n) is 3.66. The van der Waals surface area contributed by atoms with Crippen molar-refractivity contribution in [2.75, 3.05) is 7.11 Å². The average Bonchev–Trinajstić information content (AvgIpc) is 3.12. The normalized spacial score (nSPS) is 23.1. The molecule has 1 aliphatic heterocycles. The van der Waals surface area contributed by atoms with Gasteiger partial charge in [-0.1, -0.05) is 18.2 Å². The van der Waals surface area contributed by atoms with Crippen molar-refractivity contribution >= 4 is 17.5 Å². The number of nitrogens with one attached hydrogen (secondary N) is 1. The fraction of sp³-hybridized carbons (Fsp3) is 0.250. The van der Waals surface area contributed by atoms with Gasteiger partial charge in [-0.15, -0.1) is 0 Å². The van der Waals surface area contributed by atoms with Gasteiger partial charge in [-0.2, -0.15) is 0 Å². The van der Waals surface area contributed by atoms with Crippen LogP contribution in [0.1, 0.15) is 29.6 Å². The van der Waals surface area contributed by atoms with Gasteiger partial charge in [-0.3, -0.25) is 9.59 Å². The van der Waals surface area contributed by atoms with Crippen LogP contribution >= 0.6 is 0 Å². The highest BCUT2D eigenvalue weighted by Gasteiger charge is 2.34. The molecule has 3 aliphatic rings. The topological polar surface area (TPSA) is 67.8 Å². The summed E-state index contributed by atoms with van der Waals surface area (Å²) >= 11 is 0. The molecule has 0 bridgehead atoms. The standard InChI is InChI=1S/C20H18N2O3/c1-25-18-8-3-2-5-16(18)20(24)21-12-9-10-14-13-6-4-7-15(13)19(23)22-17(14)11-12/h2-3,5,8-11,14H,4,6-7H2,1H3,(H,22,23). The van der Waals surface area contributed by atoms with E-state index >= 15 is 0 Å². The van der Waals surface area contributed by atoms with Crippen LogP contribution in [-0.2, 0) is 4.79 Å². The third-order valence-electron chi connectivity index (χ3n) is 4.83. The number of amides is 2. The monoisotopic (exact) mass is 334 g/mol. The molecule has 1 N–H and O–H groups in total. The number of benzene rings is 1. The summed E-state index contributed by atoms with van der Waals surface area (Å²) < 4.78 is 5.22. The van der Waals surface area contributed by atoms with Crippen LogP contribution < -0.4 is 10.1 Å². The summed E-state index contributed by atoms with van der Waals surface area (Å²) in [5.41, 5.74) is 3.89. The zero-order valence-electron chi connectivity index (χ0n) is 13.9. The fourth-order valence-corrected chi connectivity index (χ4v) is 3.66. The minimum absolute atomic E-state index is 0.0132. The van der Waals surface area contributed by atoms with E-state index in [0.29, 0.717) is 17.0 Å². The third-order valence-corrected chi connectivity index (χ3v) is 4.83. The predicted molar refractivity (Wildman–Crippen MR) is 94.5 cm³/mol. The van der Waals surface area contributed by atoms with Crippen LogP contribution in [0.5, 0.6) is 5.75 Å². The molecule has 1 heterocycles. The van der Waals surface area contributed by atoms with Crippen LogP contribution in [0.15, 0.2) is 64.3 Å². The first kappa shape index (κ1) is 15.6. The number of rotatable bonds is 2. The average molecular weight is 334 g/mol. The second kappa shape index (κ2) is 6.16. The zero-order chi connectivity index (χ0) is 17.4. The number of allylic oxidation sites excluding steroid dienone is 3. The van der Waals surface area contributed by atoms with Gasteiger partial charge in [0.05, 0.1) is 18.4 Å². The van der Waals surface area contributed by atoms with Gasteiger partial charge in [-0.25, -0.2) is 4.99 Å². The van der Waals surface area contributed by atoms with Gasteiger partial charge in [0.2, 0.25) is 0 Å². The van der Waals surface area contributed by atoms with E-state index in [2.05, 4.69) is 10.3 Å². The Bertz CT molecular complexity index is 890. The highest BCUT2D eigenvalue weighted by atomic mass is 16.5. The van der Waals surface area contributed by atoms with E-state index in [-0.39, 0.29) is 17.7 Å². The molecule has 4 rings (SSSR count). The van der Waals surface area contributed by atoms with Gasteiger partial charge < -0.3 is 10.1 Å². The smallest absolute Gasteiger partial charge is 0.281 e. The first-order chi connectivity index (χ1) is 12.2. The van der Waals surface area contributed by atoms with Crippen molar-refractivity contribution in [1.82, 2.24) is 5.32 Å². The second-order valence-corrected chi connectivity index (χ2v) is 6.29. The van der Waals surface area contributed by atoms with Crippen LogP contribution in [0.2, 0.25) is 0 Å². The summed E-state index contributed by atoms with van der Waals surface area (Å²) in [5.74, 6) is 0.223. The molecule has 1 aromatic carbocycles. The van der Waals surface area contributed by atoms with E-state index in [1.807, 2.05) is 12.2 Å². The summed E-state index contributed by atoms with van der Waals surface area (Å²) in [4.78, 5) is 28.9. The first-order valence-corrected chi connectivity index (χ1v) is 8.36. The molecule has 0 aromatic heterocycles. The van der Waals surface area contributed by atoms with Crippen molar-refractivity contribution in [3.8, 4) is 5.75 Å². The number of carbonyl (C=O) groups is 2. The molecule has 1 atom stereocenters. The third kappa shape index (κ3) is 2.71. The number of hydrogen-bond donors (Lipinski definition) is 1. The van der Waals surface area contributed by atoms with E-state index in [0.717, 1.165) is 30.5 Å². The molecule has 5 nitrogen and oxygen atoms in total. The summed E-state index contributed by atoms with van der Waals surface area (Å²) in [6.45, 7) is 0. The molecular formula is C20H18N2O3. The largest absolute Gasteiger partial charge is 0.496 e. The maximum atomic E-state index is 12.5. The number of fused-ring (bicyclic) bond motifs is 2. The Kier molecular flexibility index (Phi) is 3.84. The van der Waals surface area contributed by atoms with Crippen molar-refractivity contribution in [1.29, 1.82) is 0 Å². The van der Waals surface area contributed by atoms with Crippen molar-refractivity contribution in [2.45, 2.75) is 19.3 Å². The molecule has 0 fully saturated rings. The summed E-state index contributed by atoms with van der Waals surface area (Å²) in [7, 11) is 1.52. The van der Waals surface area contributed by atoms with E-state index in [1.54, 1.807) is 30.3 Å². The maximum Gasteiger partial charge on any atom is 0.281 e. The Morgan fingerprint density at radius 1 is 1.28 bits per heavy atom. The molecule has 2 amide bonds. The highest BCUT2D eigenvalue weighted by Crippen LogP contribution is 2.39. The first-order valence-electron chi connectivity index (χ1n) is 8.36. The van der Waals surface area contributed by atoms with Crippen LogP contribution in [0.4, 0.5) is 0 Å². The van der Waals surface area contributed by atoms with E-state index < -0.39 is 0 Å². The molecular weight excluding hydrogens is 316 g/mol. The lowest BCUT2D eigenvalue weighted by Gasteiger charge is -2.28. The Hall–Kier alpha value is -2.95. The van der Waals surface area contributed by atoms with Crippen molar-refractivity contribution in [2.24, 2.45) is 10.9 Å². The number of nitrogens with zero attached hydrogens (tertiary/aromatic N) is 1. The lowest BCUT2D eigenvalue weighted by molar-refractivity contribution is -0.117. The number of aliphatic imine (C=N–C) groups is 1. The van der Waals surface area contributed by atoms with Gasteiger partial charge in [0.25, 0.3) is 11.8 Å². The number of para-hydroxylation sites is 1. The number of hydrogen-bond acceptors (Lipinski definition) is 3. The van der Waals surface area contributed by atoms with Crippen LogP contribution in [-0.4, -0.2) is 24.6 Å². The molecule has 2 aliphatic carbocycles. The molecule has 1 unspecified atom stereocenters. The molecule has 5 heteroatoms. The van der Waals surface area contributed by atoms with Crippen molar-refractivity contribution < 1.29 is 14.3 Å². The highest BCUT2D eigenvalue weighted by molar-refractivity contribution is 6.14. The minimum atomic E-state index is -0.365. The quantitative estimate of drug-likeness (QED) is 0.904. The molecule has 1 aromatic rings. The SMILES string of the molecule is COc1ccccc1C(=O)N=C1C=CC2C(=C1)NC(=O)C1=C2CCC1. The Balaban J connectivity index is 1.64. The van der Waals surface area contributed by atoms with Gasteiger partial charge in [0.15, 0.2) is 0 Å². The lowest BCUT2D eigenvalue weighted by Crippen LogP contribution is -2.35. The molecule has 0 saturated heterocycles. The summed E-state index contributed by atoms with van der Waals surface area (Å²) in [6, 6.07) is 7.00. The number of carbonyl (C=O) groups excluding carboxylic acids is 2. The molecule has 126 valence electrons. The summed E-state index contributed by atoms with van der Waals surface area (Å²) in [5, 5.41) is 2.95. The number of ether oxygens (including phenoxy) is 1. The van der Waals surface area contributed by atoms with Gasteiger partial charge in [0, 0.05) is 17.2 Å². The van der Waals surface area contributed by atoms with Crippen molar-refractivity contribution in [3.05, 3.63) is 64.9 Å². The minimum Gasteiger partial charge on any atom is -0.496 e. The van der Waals surface area contributed by atoms with Gasteiger partial charge in [-0.05, 0) is 49.1 Å². The lowest BCUT2D eigenvalue weighted by atomic mass is 9.85. The van der Waals surface area contributed by atoms with Gasteiger partial charge in [0.1, 0.15) is 5.75 Å². The van der Waals surface area contributed by atoms with E-state index in [1.165, 1.54) is 12.7 Å².